The number of carboxylic acids is 1. The Labute approximate surface area is 98.6 Å². The Bertz CT molecular complexity index is 503. The average molecular weight is 228 g/mol. The highest BCUT2D eigenvalue weighted by Gasteiger charge is 2.12. The molecule has 17 heavy (non-hydrogen) atoms. The van der Waals surface area contributed by atoms with E-state index < -0.39 is 5.97 Å². The second-order valence-electron chi connectivity index (χ2n) is 3.57. The summed E-state index contributed by atoms with van der Waals surface area (Å²) in [6.45, 7) is 0. The van der Waals surface area contributed by atoms with Gasteiger partial charge < -0.3 is 10.1 Å². The number of hydrogen-bond donors (Lipinski definition) is 2. The second kappa shape index (κ2) is 5.12. The average Bonchev–Trinajstić information content (AvgIpc) is 2.84. The molecule has 4 nitrogen and oxygen atoms in total. The first-order chi connectivity index (χ1) is 8.27. The molecule has 2 aromatic heterocycles. The van der Waals surface area contributed by atoms with E-state index in [-0.39, 0.29) is 5.92 Å². The van der Waals surface area contributed by atoms with Crippen LogP contribution in [-0.2, 0) is 4.79 Å². The molecule has 0 spiro atoms. The van der Waals surface area contributed by atoms with Crippen LogP contribution in [0, 0.1) is 0 Å². The molecule has 1 atom stereocenters. The monoisotopic (exact) mass is 228 g/mol. The summed E-state index contributed by atoms with van der Waals surface area (Å²) in [5.74, 6) is -1.10. The molecule has 0 saturated carbocycles. The lowest BCUT2D eigenvalue weighted by Crippen LogP contribution is -2.00. The molecule has 0 aliphatic rings. The van der Waals surface area contributed by atoms with Crippen LogP contribution >= 0.6 is 0 Å². The molecule has 2 heterocycles. The quantitative estimate of drug-likeness (QED) is 0.788. The molecule has 86 valence electrons. The number of carboxylic acid groups (broad SMARTS) is 1. The fourth-order valence-electron chi connectivity index (χ4n) is 1.65. The molecule has 2 N–H and O–H groups in total. The molecule has 0 saturated heterocycles. The van der Waals surface area contributed by atoms with Gasteiger partial charge in [-0.05, 0) is 23.8 Å². The van der Waals surface area contributed by atoms with E-state index >= 15 is 0 Å². The molecule has 1 unspecified atom stereocenters. The number of H-pyrrole nitrogens is 1. The van der Waals surface area contributed by atoms with Gasteiger partial charge in [-0.3, -0.25) is 4.98 Å². The third-order valence-corrected chi connectivity index (χ3v) is 2.42. The maximum Gasteiger partial charge on any atom is 0.328 e. The van der Waals surface area contributed by atoms with Crippen LogP contribution in [0.1, 0.15) is 17.2 Å². The van der Waals surface area contributed by atoms with E-state index in [4.69, 9.17) is 5.11 Å². The normalized spacial score (nSPS) is 12.7. The summed E-state index contributed by atoms with van der Waals surface area (Å²) in [6, 6.07) is 7.50. The molecule has 0 aliphatic carbocycles. The van der Waals surface area contributed by atoms with Gasteiger partial charge in [0.2, 0.25) is 0 Å². The summed E-state index contributed by atoms with van der Waals surface area (Å²) in [6.07, 6.45) is 8.12. The van der Waals surface area contributed by atoms with Gasteiger partial charge in [0.15, 0.2) is 0 Å². The highest BCUT2D eigenvalue weighted by molar-refractivity contribution is 5.80. The number of allylic oxidation sites excluding steroid dienone is 1. The van der Waals surface area contributed by atoms with Gasteiger partial charge >= 0.3 is 5.97 Å². The second-order valence-corrected chi connectivity index (χ2v) is 3.57. The molecule has 0 aliphatic heterocycles. The zero-order valence-electron chi connectivity index (χ0n) is 9.08. The van der Waals surface area contributed by atoms with Crippen LogP contribution in [0.5, 0.6) is 0 Å². The molecule has 0 aromatic carbocycles. The van der Waals surface area contributed by atoms with Gasteiger partial charge in [-0.25, -0.2) is 4.79 Å². The Kier molecular flexibility index (Phi) is 3.35. The van der Waals surface area contributed by atoms with E-state index in [1.807, 2.05) is 30.5 Å². The maximum absolute atomic E-state index is 10.6. The third kappa shape index (κ3) is 2.81. The van der Waals surface area contributed by atoms with Gasteiger partial charge in [-0.15, -0.1) is 0 Å². The van der Waals surface area contributed by atoms with Crippen molar-refractivity contribution < 1.29 is 9.90 Å². The number of rotatable bonds is 4. The van der Waals surface area contributed by atoms with Crippen molar-refractivity contribution in [1.82, 2.24) is 9.97 Å². The first-order valence-corrected chi connectivity index (χ1v) is 5.22. The summed E-state index contributed by atoms with van der Waals surface area (Å²) in [4.78, 5) is 17.8. The number of pyridine rings is 1. The van der Waals surface area contributed by atoms with Gasteiger partial charge in [0, 0.05) is 30.6 Å². The molecule has 0 amide bonds. The first kappa shape index (κ1) is 11.1. The zero-order chi connectivity index (χ0) is 12.1. The number of carbonyl (C=O) groups is 1. The van der Waals surface area contributed by atoms with E-state index in [9.17, 15) is 4.79 Å². The fraction of sp³-hybridized carbons (Fsp3) is 0.0769. The predicted octanol–water partition coefficient (Wildman–Crippen LogP) is 2.18. The van der Waals surface area contributed by atoms with Crippen molar-refractivity contribution in [3.05, 3.63) is 66.3 Å². The molecule has 2 aromatic rings. The molecular formula is C13H12N2O2. The van der Waals surface area contributed by atoms with Crippen molar-refractivity contribution in [2.45, 2.75) is 5.92 Å². The van der Waals surface area contributed by atoms with Crippen LogP contribution < -0.4 is 0 Å². The lowest BCUT2D eigenvalue weighted by molar-refractivity contribution is -0.131. The van der Waals surface area contributed by atoms with Crippen LogP contribution in [-0.4, -0.2) is 21.0 Å². The lowest BCUT2D eigenvalue weighted by atomic mass is 9.97. The molecule has 0 bridgehead atoms. The highest BCUT2D eigenvalue weighted by Crippen LogP contribution is 2.23. The van der Waals surface area contributed by atoms with Crippen LogP contribution in [0.4, 0.5) is 0 Å². The summed E-state index contributed by atoms with van der Waals surface area (Å²) >= 11 is 0. The summed E-state index contributed by atoms with van der Waals surface area (Å²) in [5.41, 5.74) is 1.81. The minimum absolute atomic E-state index is 0.140. The minimum atomic E-state index is -0.957. The van der Waals surface area contributed by atoms with Gasteiger partial charge in [0.1, 0.15) is 0 Å². The summed E-state index contributed by atoms with van der Waals surface area (Å²) in [7, 11) is 0. The van der Waals surface area contributed by atoms with Crippen LogP contribution in [0.3, 0.4) is 0 Å². The van der Waals surface area contributed by atoms with Crippen LogP contribution in [0.15, 0.2) is 55.0 Å². The molecule has 2 rings (SSSR count). The van der Waals surface area contributed by atoms with E-state index in [2.05, 4.69) is 9.97 Å². The number of aromatic amines is 1. The number of aromatic nitrogens is 2. The summed E-state index contributed by atoms with van der Waals surface area (Å²) < 4.78 is 0. The number of hydrogen-bond acceptors (Lipinski definition) is 2. The van der Waals surface area contributed by atoms with Crippen molar-refractivity contribution in [1.29, 1.82) is 0 Å². The van der Waals surface area contributed by atoms with Gasteiger partial charge in [-0.2, -0.15) is 0 Å². The Morgan fingerprint density at radius 2 is 2.29 bits per heavy atom. The number of nitrogens with one attached hydrogen (secondary N) is 1. The van der Waals surface area contributed by atoms with Gasteiger partial charge in [0.25, 0.3) is 0 Å². The Morgan fingerprint density at radius 1 is 1.41 bits per heavy atom. The summed E-state index contributed by atoms with van der Waals surface area (Å²) in [5, 5.41) is 8.69. The molecular weight excluding hydrogens is 216 g/mol. The van der Waals surface area contributed by atoms with Crippen molar-refractivity contribution in [3.8, 4) is 0 Å². The zero-order valence-corrected chi connectivity index (χ0v) is 9.08. The van der Waals surface area contributed by atoms with E-state index in [0.29, 0.717) is 0 Å². The van der Waals surface area contributed by atoms with Crippen molar-refractivity contribution in [2.24, 2.45) is 0 Å². The standard InChI is InChI=1S/C13H12N2O2/c16-13(17)5-4-11(10-6-8-14-9-10)12-3-1-2-7-15-12/h1-9,11,14H,(H,16,17)/b5-4+. The third-order valence-electron chi connectivity index (χ3n) is 2.42. The largest absolute Gasteiger partial charge is 0.478 e. The number of nitrogens with zero attached hydrogens (tertiary/aromatic N) is 1. The van der Waals surface area contributed by atoms with Crippen molar-refractivity contribution in [3.63, 3.8) is 0 Å². The Balaban J connectivity index is 2.35. The lowest BCUT2D eigenvalue weighted by Gasteiger charge is -2.09. The van der Waals surface area contributed by atoms with Crippen molar-refractivity contribution in [2.75, 3.05) is 0 Å². The van der Waals surface area contributed by atoms with Crippen LogP contribution in [0.25, 0.3) is 0 Å². The van der Waals surface area contributed by atoms with Crippen LogP contribution in [0.2, 0.25) is 0 Å². The van der Waals surface area contributed by atoms with Gasteiger partial charge in [0.05, 0.1) is 5.69 Å². The topological polar surface area (TPSA) is 66.0 Å². The van der Waals surface area contributed by atoms with Gasteiger partial charge in [-0.1, -0.05) is 12.1 Å². The highest BCUT2D eigenvalue weighted by atomic mass is 16.4. The predicted molar refractivity (Wildman–Crippen MR) is 63.6 cm³/mol. The van der Waals surface area contributed by atoms with Crippen molar-refractivity contribution >= 4 is 5.97 Å². The molecule has 4 heteroatoms. The maximum atomic E-state index is 10.6. The number of aliphatic carboxylic acids is 1. The fourth-order valence-corrected chi connectivity index (χ4v) is 1.65. The minimum Gasteiger partial charge on any atom is -0.478 e. The molecule has 0 radical (unpaired) electrons. The SMILES string of the molecule is O=C(O)/C=C/C(c1cc[nH]c1)c1ccccn1. The van der Waals surface area contributed by atoms with E-state index in [1.54, 1.807) is 18.5 Å². The Hall–Kier alpha value is -2.36. The molecule has 0 fully saturated rings. The smallest absolute Gasteiger partial charge is 0.328 e. The first-order valence-electron chi connectivity index (χ1n) is 5.22. The Morgan fingerprint density at radius 3 is 2.88 bits per heavy atom. The van der Waals surface area contributed by atoms with E-state index in [1.165, 1.54) is 0 Å². The van der Waals surface area contributed by atoms with E-state index in [0.717, 1.165) is 17.3 Å².